The summed E-state index contributed by atoms with van der Waals surface area (Å²) < 4.78 is 5.37. The number of rotatable bonds is 4. The van der Waals surface area contributed by atoms with Gasteiger partial charge in [-0.05, 0) is 55.3 Å². The van der Waals surface area contributed by atoms with Crippen LogP contribution in [0, 0.1) is 6.92 Å². The molecule has 0 spiro atoms. The summed E-state index contributed by atoms with van der Waals surface area (Å²) in [5.74, 6) is -0.768. The van der Waals surface area contributed by atoms with Crippen LogP contribution < -0.4 is 15.0 Å². The molecule has 1 aliphatic rings. The maximum Gasteiger partial charge on any atom is 0.335 e. The van der Waals surface area contributed by atoms with Crippen LogP contribution in [0.3, 0.4) is 0 Å². The van der Waals surface area contributed by atoms with Crippen molar-refractivity contribution in [1.29, 1.82) is 0 Å². The van der Waals surface area contributed by atoms with Gasteiger partial charge in [-0.1, -0.05) is 29.8 Å². The van der Waals surface area contributed by atoms with E-state index < -0.39 is 17.8 Å². The molecular formula is C20H17ClN2O4. The molecule has 0 atom stereocenters. The number of benzene rings is 2. The van der Waals surface area contributed by atoms with Crippen LogP contribution in [0.2, 0.25) is 5.02 Å². The highest BCUT2D eigenvalue weighted by Gasteiger charge is 2.36. The molecule has 1 heterocycles. The van der Waals surface area contributed by atoms with Crippen LogP contribution in [0.25, 0.3) is 6.08 Å². The Labute approximate surface area is 161 Å². The molecule has 1 aliphatic heterocycles. The predicted octanol–water partition coefficient (Wildman–Crippen LogP) is 3.71. The van der Waals surface area contributed by atoms with E-state index >= 15 is 0 Å². The number of halogens is 1. The molecule has 0 bridgehead atoms. The number of barbiturate groups is 1. The number of urea groups is 1. The number of anilines is 1. The summed E-state index contributed by atoms with van der Waals surface area (Å²) >= 11 is 6.10. The van der Waals surface area contributed by atoms with E-state index in [4.69, 9.17) is 16.3 Å². The maximum absolute atomic E-state index is 12.8. The van der Waals surface area contributed by atoms with Crippen molar-refractivity contribution >= 4 is 41.2 Å². The Kier molecular flexibility index (Phi) is 5.28. The largest absolute Gasteiger partial charge is 0.494 e. The Bertz CT molecular complexity index is 951. The molecule has 7 heteroatoms. The molecule has 0 unspecified atom stereocenters. The van der Waals surface area contributed by atoms with Crippen LogP contribution in [0.15, 0.2) is 48.0 Å². The topological polar surface area (TPSA) is 75.7 Å². The van der Waals surface area contributed by atoms with Crippen LogP contribution in [0.1, 0.15) is 18.1 Å². The average molecular weight is 385 g/mol. The highest BCUT2D eigenvalue weighted by molar-refractivity contribution is 6.39. The smallest absolute Gasteiger partial charge is 0.335 e. The fourth-order valence-electron chi connectivity index (χ4n) is 2.61. The zero-order chi connectivity index (χ0) is 19.6. The van der Waals surface area contributed by atoms with Crippen molar-refractivity contribution in [3.05, 3.63) is 64.2 Å². The number of amides is 4. The molecule has 3 rings (SSSR count). The summed E-state index contributed by atoms with van der Waals surface area (Å²) in [6, 6.07) is 10.9. The minimum absolute atomic E-state index is 0.143. The fraction of sp³-hybridized carbons (Fsp3) is 0.150. The zero-order valence-electron chi connectivity index (χ0n) is 14.8. The van der Waals surface area contributed by atoms with Crippen molar-refractivity contribution in [2.45, 2.75) is 13.8 Å². The molecule has 0 radical (unpaired) electrons. The zero-order valence-corrected chi connectivity index (χ0v) is 15.5. The van der Waals surface area contributed by atoms with E-state index in [9.17, 15) is 14.4 Å². The van der Waals surface area contributed by atoms with Gasteiger partial charge in [0.15, 0.2) is 0 Å². The highest BCUT2D eigenvalue weighted by Crippen LogP contribution is 2.26. The van der Waals surface area contributed by atoms with E-state index in [2.05, 4.69) is 5.32 Å². The summed E-state index contributed by atoms with van der Waals surface area (Å²) in [6.07, 6.45) is 1.43. The monoisotopic (exact) mass is 384 g/mol. The molecule has 0 saturated carbocycles. The van der Waals surface area contributed by atoms with Crippen LogP contribution in [-0.4, -0.2) is 24.5 Å². The summed E-state index contributed by atoms with van der Waals surface area (Å²) in [4.78, 5) is 38.1. The maximum atomic E-state index is 12.8. The van der Waals surface area contributed by atoms with E-state index in [1.54, 1.807) is 36.4 Å². The molecule has 0 aromatic heterocycles. The van der Waals surface area contributed by atoms with Gasteiger partial charge >= 0.3 is 6.03 Å². The second-order valence-corrected chi connectivity index (χ2v) is 6.30. The number of hydrogen-bond donors (Lipinski definition) is 1. The molecule has 2 aromatic rings. The van der Waals surface area contributed by atoms with Crippen molar-refractivity contribution < 1.29 is 19.1 Å². The number of carbonyl (C=O) groups excluding carboxylic acids is 3. The lowest BCUT2D eigenvalue weighted by Gasteiger charge is -2.26. The Morgan fingerprint density at radius 3 is 2.44 bits per heavy atom. The minimum atomic E-state index is -0.811. The lowest BCUT2D eigenvalue weighted by atomic mass is 10.1. The molecule has 1 fully saturated rings. The summed E-state index contributed by atoms with van der Waals surface area (Å²) in [5, 5.41) is 2.60. The molecule has 0 aliphatic carbocycles. The van der Waals surface area contributed by atoms with E-state index in [0.717, 1.165) is 10.5 Å². The van der Waals surface area contributed by atoms with E-state index in [1.165, 1.54) is 12.1 Å². The SMILES string of the molecule is CCOc1ccc(/C=C2/C(=O)NC(=O)N(c3ccc(C)c(Cl)c3)C2=O)cc1. The number of carbonyl (C=O) groups is 3. The van der Waals surface area contributed by atoms with Gasteiger partial charge in [-0.2, -0.15) is 0 Å². The van der Waals surface area contributed by atoms with Gasteiger partial charge in [0, 0.05) is 5.02 Å². The van der Waals surface area contributed by atoms with Gasteiger partial charge in [0.25, 0.3) is 11.8 Å². The fourth-order valence-corrected chi connectivity index (χ4v) is 2.78. The standard InChI is InChI=1S/C20H17ClN2O4/c1-3-27-15-8-5-13(6-9-15)10-16-18(24)22-20(26)23(19(16)25)14-7-4-12(2)17(21)11-14/h4-11H,3H2,1-2H3,(H,22,24,26)/b16-10-. The molecule has 27 heavy (non-hydrogen) atoms. The van der Waals surface area contributed by atoms with Gasteiger partial charge in [0.1, 0.15) is 11.3 Å². The summed E-state index contributed by atoms with van der Waals surface area (Å²) in [7, 11) is 0. The Morgan fingerprint density at radius 1 is 1.11 bits per heavy atom. The molecule has 6 nitrogen and oxygen atoms in total. The Morgan fingerprint density at radius 2 is 1.81 bits per heavy atom. The van der Waals surface area contributed by atoms with E-state index in [0.29, 0.717) is 22.9 Å². The van der Waals surface area contributed by atoms with Gasteiger partial charge < -0.3 is 4.74 Å². The molecule has 4 amide bonds. The van der Waals surface area contributed by atoms with Gasteiger partial charge in [0.05, 0.1) is 12.3 Å². The second-order valence-electron chi connectivity index (χ2n) is 5.89. The average Bonchev–Trinajstić information content (AvgIpc) is 2.63. The van der Waals surface area contributed by atoms with Crippen LogP contribution in [0.5, 0.6) is 5.75 Å². The van der Waals surface area contributed by atoms with E-state index in [1.807, 2.05) is 13.8 Å². The molecule has 138 valence electrons. The number of imide groups is 2. The third-order valence-electron chi connectivity index (χ3n) is 4.02. The molecule has 2 aromatic carbocycles. The van der Waals surface area contributed by atoms with Crippen molar-refractivity contribution in [3.8, 4) is 5.75 Å². The third-order valence-corrected chi connectivity index (χ3v) is 4.42. The summed E-state index contributed by atoms with van der Waals surface area (Å²) in [5.41, 5.74) is 1.59. The number of hydrogen-bond acceptors (Lipinski definition) is 4. The molecule has 1 N–H and O–H groups in total. The van der Waals surface area contributed by atoms with Crippen molar-refractivity contribution in [2.24, 2.45) is 0 Å². The number of aryl methyl sites for hydroxylation is 1. The van der Waals surface area contributed by atoms with Crippen molar-refractivity contribution in [3.63, 3.8) is 0 Å². The number of ether oxygens (including phenoxy) is 1. The van der Waals surface area contributed by atoms with Crippen LogP contribution in [-0.2, 0) is 9.59 Å². The first-order valence-corrected chi connectivity index (χ1v) is 8.69. The first kappa shape index (κ1) is 18.7. The lowest BCUT2D eigenvalue weighted by molar-refractivity contribution is -0.122. The molecule has 1 saturated heterocycles. The highest BCUT2D eigenvalue weighted by atomic mass is 35.5. The quantitative estimate of drug-likeness (QED) is 0.644. The van der Waals surface area contributed by atoms with Gasteiger partial charge in [0.2, 0.25) is 0 Å². The van der Waals surface area contributed by atoms with Crippen molar-refractivity contribution in [1.82, 2.24) is 5.32 Å². The predicted molar refractivity (Wildman–Crippen MR) is 103 cm³/mol. The van der Waals surface area contributed by atoms with Crippen LogP contribution in [0.4, 0.5) is 10.5 Å². The van der Waals surface area contributed by atoms with Gasteiger partial charge in [-0.15, -0.1) is 0 Å². The lowest BCUT2D eigenvalue weighted by Crippen LogP contribution is -2.54. The normalized spacial score (nSPS) is 15.9. The minimum Gasteiger partial charge on any atom is -0.494 e. The van der Waals surface area contributed by atoms with Gasteiger partial charge in [-0.25, -0.2) is 9.69 Å². The number of nitrogens with one attached hydrogen (secondary N) is 1. The second kappa shape index (κ2) is 7.63. The van der Waals surface area contributed by atoms with E-state index in [-0.39, 0.29) is 11.3 Å². The number of nitrogens with zero attached hydrogens (tertiary/aromatic N) is 1. The third kappa shape index (κ3) is 3.85. The first-order valence-electron chi connectivity index (χ1n) is 8.31. The first-order chi connectivity index (χ1) is 12.9. The Hall–Kier alpha value is -3.12. The molecular weight excluding hydrogens is 368 g/mol. The summed E-state index contributed by atoms with van der Waals surface area (Å²) in [6.45, 7) is 4.23. The van der Waals surface area contributed by atoms with Gasteiger partial charge in [-0.3, -0.25) is 14.9 Å². The Balaban J connectivity index is 1.95. The van der Waals surface area contributed by atoms with Crippen LogP contribution >= 0.6 is 11.6 Å². The van der Waals surface area contributed by atoms with Crippen molar-refractivity contribution in [2.75, 3.05) is 11.5 Å².